The molecule has 0 saturated carbocycles. The average molecular weight is 1000 g/mol. The summed E-state index contributed by atoms with van der Waals surface area (Å²) in [5.41, 5.74) is -2.93. The van der Waals surface area contributed by atoms with Gasteiger partial charge in [0, 0.05) is 61.4 Å². The first-order valence-electron chi connectivity index (χ1n) is 20.1. The van der Waals surface area contributed by atoms with Crippen LogP contribution in [0.4, 0.5) is 51.1 Å². The van der Waals surface area contributed by atoms with Crippen LogP contribution in [-0.4, -0.2) is 60.0 Å². The quantitative estimate of drug-likeness (QED) is 0.162. The molecule has 8 nitrogen and oxygen atoms in total. The van der Waals surface area contributed by atoms with Gasteiger partial charge in [0.15, 0.2) is 0 Å². The first kappa shape index (κ1) is 48.7. The molecular formula is C45H35Cl4F9N6O2. The highest BCUT2D eigenvalue weighted by Gasteiger charge is 2.40. The molecule has 0 bridgehead atoms. The molecule has 8 rings (SSSR count). The Kier molecular flexibility index (Phi) is 14.4. The molecule has 2 fully saturated rings. The van der Waals surface area contributed by atoms with Crippen molar-refractivity contribution in [2.75, 3.05) is 36.0 Å². The van der Waals surface area contributed by atoms with E-state index in [-0.39, 0.29) is 79.8 Å². The van der Waals surface area contributed by atoms with Crippen molar-refractivity contribution in [2.24, 2.45) is 0 Å². The lowest BCUT2D eigenvalue weighted by atomic mass is 9.99. The maximum Gasteiger partial charge on any atom is 0.417 e. The fourth-order valence-electron chi connectivity index (χ4n) is 7.97. The molecule has 2 N–H and O–H groups in total. The van der Waals surface area contributed by atoms with Gasteiger partial charge in [-0.1, -0.05) is 70.7 Å². The predicted octanol–water partition coefficient (Wildman–Crippen LogP) is 12.9. The van der Waals surface area contributed by atoms with Crippen LogP contribution < -0.4 is 20.4 Å². The number of hydrogen-bond acceptors (Lipinski definition) is 6. The van der Waals surface area contributed by atoms with E-state index < -0.39 is 41.1 Å². The Morgan fingerprint density at radius 2 is 1.02 bits per heavy atom. The molecule has 0 aliphatic carbocycles. The van der Waals surface area contributed by atoms with Crippen LogP contribution in [0, 0.1) is 0 Å². The van der Waals surface area contributed by atoms with Gasteiger partial charge in [0.25, 0.3) is 11.8 Å². The Morgan fingerprint density at radius 1 is 0.545 bits per heavy atom. The number of fused-ring (bicyclic) bond motifs is 2. The van der Waals surface area contributed by atoms with Gasteiger partial charge in [0.1, 0.15) is 11.6 Å². The van der Waals surface area contributed by atoms with Crippen LogP contribution in [0.5, 0.6) is 0 Å². The van der Waals surface area contributed by atoms with Crippen LogP contribution in [0.1, 0.15) is 63.1 Å². The van der Waals surface area contributed by atoms with Crippen molar-refractivity contribution >= 4 is 91.4 Å². The predicted molar refractivity (Wildman–Crippen MR) is 237 cm³/mol. The number of anilines is 2. The molecule has 2 aliphatic heterocycles. The number of carbonyl (C=O) groups is 2. The van der Waals surface area contributed by atoms with Crippen molar-refractivity contribution in [3.8, 4) is 0 Å². The molecule has 6 aromatic rings. The Morgan fingerprint density at radius 3 is 1.52 bits per heavy atom. The highest BCUT2D eigenvalue weighted by molar-refractivity contribution is 6.44. The molecule has 2 aliphatic rings. The monoisotopic (exact) mass is 1000 g/mol. The molecule has 2 aromatic heterocycles. The summed E-state index contributed by atoms with van der Waals surface area (Å²) in [6.45, 7) is 1.57. The Labute approximate surface area is 391 Å². The van der Waals surface area contributed by atoms with Crippen LogP contribution in [0.2, 0.25) is 20.1 Å². The molecule has 0 atom stereocenters. The van der Waals surface area contributed by atoms with Gasteiger partial charge in [-0.2, -0.15) is 39.5 Å². The minimum absolute atomic E-state index is 0.0498. The summed E-state index contributed by atoms with van der Waals surface area (Å²) in [6.07, 6.45) is -9.78. The number of nitrogens with one attached hydrogen (secondary N) is 2. The standard InChI is InChI=1S/C23H17Cl2F6N3O.C22H18Cl2F3N3O/c24-17-3-1-2-15(19(17)25)21(35)33-14-5-8-34(9-6-14)20-18-12(4-7-32-20)10-13(22(26,27)28)11-16(18)23(29,30)31;23-18-6-2-4-16(19(18)24)21(31)29-13-8-11-30(12-9-13)20-15-3-1-5-17(22(25,26)27)14(15)7-10-28-20/h1-4,7,10-11,14H,5-6,8-9H2,(H,33,35);1-7,10,13H,8-9,11-12H2,(H,29,31). The second kappa shape index (κ2) is 19.5. The van der Waals surface area contributed by atoms with Crippen molar-refractivity contribution in [3.05, 3.63) is 139 Å². The summed E-state index contributed by atoms with van der Waals surface area (Å²) in [7, 11) is 0. The number of halogens is 13. The van der Waals surface area contributed by atoms with Gasteiger partial charge in [-0.25, -0.2) is 9.97 Å². The number of aromatic nitrogens is 2. The van der Waals surface area contributed by atoms with Gasteiger partial charge in [-0.05, 0) is 91.1 Å². The molecule has 0 radical (unpaired) electrons. The molecule has 348 valence electrons. The SMILES string of the molecule is O=C(NC1CCN(c2nccc3c(C(F)(F)F)cccc23)CC1)c1cccc(Cl)c1Cl.O=C(NC1CCN(c2nccc3cc(C(F)(F)F)cc(C(F)(F)F)c23)CC1)c1cccc(Cl)c1Cl. The smallest absolute Gasteiger partial charge is 0.356 e. The normalized spacial score (nSPS) is 15.4. The highest BCUT2D eigenvalue weighted by atomic mass is 35.5. The van der Waals surface area contributed by atoms with E-state index in [9.17, 15) is 49.1 Å². The molecule has 2 amide bonds. The third-order valence-electron chi connectivity index (χ3n) is 11.2. The van der Waals surface area contributed by atoms with Gasteiger partial charge < -0.3 is 20.4 Å². The second-order valence-corrected chi connectivity index (χ2v) is 17.0. The van der Waals surface area contributed by atoms with Gasteiger partial charge >= 0.3 is 18.5 Å². The number of pyridine rings is 2. The number of rotatable bonds is 6. The molecule has 66 heavy (non-hydrogen) atoms. The van der Waals surface area contributed by atoms with Crippen LogP contribution in [0.25, 0.3) is 21.5 Å². The Hall–Kier alpha value is -5.23. The van der Waals surface area contributed by atoms with Crippen LogP contribution >= 0.6 is 46.4 Å². The number of alkyl halides is 9. The molecule has 4 heterocycles. The van der Waals surface area contributed by atoms with Gasteiger partial charge in [0.05, 0.1) is 47.9 Å². The van der Waals surface area contributed by atoms with E-state index in [2.05, 4.69) is 20.6 Å². The van der Waals surface area contributed by atoms with Crippen LogP contribution in [0.3, 0.4) is 0 Å². The zero-order chi connectivity index (χ0) is 47.7. The van der Waals surface area contributed by atoms with Crippen molar-refractivity contribution in [1.82, 2.24) is 20.6 Å². The largest absolute Gasteiger partial charge is 0.417 e. The molecule has 4 aromatic carbocycles. The maximum atomic E-state index is 13.8. The summed E-state index contributed by atoms with van der Waals surface area (Å²) < 4.78 is 121. The molecule has 0 spiro atoms. The first-order chi connectivity index (χ1) is 31.1. The van der Waals surface area contributed by atoms with Crippen LogP contribution in [0.15, 0.2) is 91.3 Å². The Bertz CT molecular complexity index is 2770. The number of piperidine rings is 2. The summed E-state index contributed by atoms with van der Waals surface area (Å²) in [5.74, 6) is -0.264. The van der Waals surface area contributed by atoms with Gasteiger partial charge in [0.2, 0.25) is 0 Å². The summed E-state index contributed by atoms with van der Waals surface area (Å²) in [6, 6.07) is 16.6. The van der Waals surface area contributed by atoms with Crippen molar-refractivity contribution in [1.29, 1.82) is 0 Å². The van der Waals surface area contributed by atoms with E-state index in [1.807, 2.05) is 4.90 Å². The highest BCUT2D eigenvalue weighted by Crippen LogP contribution is 2.43. The van der Waals surface area contributed by atoms with Crippen LogP contribution in [-0.2, 0) is 18.5 Å². The zero-order valence-corrected chi connectivity index (χ0v) is 37.0. The molecular weight excluding hydrogens is 969 g/mol. The number of nitrogens with zero attached hydrogens (tertiary/aromatic N) is 4. The van der Waals surface area contributed by atoms with Crippen molar-refractivity contribution in [2.45, 2.75) is 56.3 Å². The van der Waals surface area contributed by atoms with E-state index in [0.29, 0.717) is 66.6 Å². The first-order valence-corrected chi connectivity index (χ1v) is 21.6. The minimum atomic E-state index is -5.01. The second-order valence-electron chi connectivity index (χ2n) is 15.5. The fraction of sp³-hybridized carbons (Fsp3) is 0.289. The minimum Gasteiger partial charge on any atom is -0.356 e. The van der Waals surface area contributed by atoms with Crippen molar-refractivity contribution in [3.63, 3.8) is 0 Å². The number of benzene rings is 4. The number of carbonyl (C=O) groups excluding carboxylic acids is 2. The van der Waals surface area contributed by atoms with E-state index in [4.69, 9.17) is 46.4 Å². The lowest BCUT2D eigenvalue weighted by Gasteiger charge is -2.34. The van der Waals surface area contributed by atoms with Gasteiger partial charge in [-0.15, -0.1) is 0 Å². The third kappa shape index (κ3) is 10.8. The van der Waals surface area contributed by atoms with E-state index in [0.717, 1.165) is 12.1 Å². The maximum absolute atomic E-state index is 13.8. The van der Waals surface area contributed by atoms with Gasteiger partial charge in [-0.3, -0.25) is 9.59 Å². The molecule has 21 heteroatoms. The number of hydrogen-bond donors (Lipinski definition) is 2. The lowest BCUT2D eigenvalue weighted by molar-refractivity contribution is -0.142. The van der Waals surface area contributed by atoms with E-state index >= 15 is 0 Å². The zero-order valence-electron chi connectivity index (χ0n) is 34.0. The molecule has 0 unspecified atom stereocenters. The van der Waals surface area contributed by atoms with E-state index in [1.165, 1.54) is 30.6 Å². The lowest BCUT2D eigenvalue weighted by Crippen LogP contribution is -2.45. The third-order valence-corrected chi connectivity index (χ3v) is 12.9. The fourth-order valence-corrected chi connectivity index (χ4v) is 8.74. The number of amides is 2. The summed E-state index contributed by atoms with van der Waals surface area (Å²) in [5, 5.41) is 6.66. The van der Waals surface area contributed by atoms with E-state index in [1.54, 1.807) is 41.3 Å². The Balaban J connectivity index is 0.000000198. The summed E-state index contributed by atoms with van der Waals surface area (Å²) in [4.78, 5) is 37.1. The average Bonchev–Trinajstić information content (AvgIpc) is 3.27. The summed E-state index contributed by atoms with van der Waals surface area (Å²) >= 11 is 24.1. The topological polar surface area (TPSA) is 90.5 Å². The van der Waals surface area contributed by atoms with Crippen molar-refractivity contribution < 1.29 is 49.1 Å². The molecule has 2 saturated heterocycles.